The molecule has 0 aliphatic carbocycles. The van der Waals surface area contributed by atoms with Gasteiger partial charge in [-0.15, -0.1) is 0 Å². The predicted octanol–water partition coefficient (Wildman–Crippen LogP) is 2.50. The van der Waals surface area contributed by atoms with E-state index in [1.54, 1.807) is 37.0 Å². The van der Waals surface area contributed by atoms with Crippen LogP contribution in [0.3, 0.4) is 0 Å². The van der Waals surface area contributed by atoms with Gasteiger partial charge in [-0.3, -0.25) is 9.48 Å². The number of carbonyl (C=O) groups is 1. The normalized spacial score (nSPS) is 12.6. The molecule has 3 aromatic rings. The van der Waals surface area contributed by atoms with E-state index in [2.05, 4.69) is 21.1 Å². The lowest BCUT2D eigenvalue weighted by Crippen LogP contribution is -2.24. The molecule has 0 saturated heterocycles. The van der Waals surface area contributed by atoms with Crippen molar-refractivity contribution in [2.24, 2.45) is 7.05 Å². The highest BCUT2D eigenvalue weighted by molar-refractivity contribution is 5.90. The fraction of sp³-hybridized carbons (Fsp3) is 0.318. The quantitative estimate of drug-likeness (QED) is 0.581. The van der Waals surface area contributed by atoms with E-state index in [0.717, 1.165) is 11.1 Å². The maximum absolute atomic E-state index is 12.6. The van der Waals surface area contributed by atoms with E-state index in [9.17, 15) is 14.9 Å². The van der Waals surface area contributed by atoms with Crippen molar-refractivity contribution < 1.29 is 14.3 Å². The zero-order valence-corrected chi connectivity index (χ0v) is 17.7. The summed E-state index contributed by atoms with van der Waals surface area (Å²) in [5, 5.41) is 13.9. The second kappa shape index (κ2) is 9.26. The Kier molecular flexibility index (Phi) is 6.50. The third-order valence-corrected chi connectivity index (χ3v) is 5.00. The van der Waals surface area contributed by atoms with Crippen LogP contribution in [0.1, 0.15) is 58.7 Å². The van der Waals surface area contributed by atoms with Gasteiger partial charge >= 0.3 is 5.97 Å². The number of esters is 1. The molecular weight excluding hydrogens is 398 g/mol. The first-order valence-electron chi connectivity index (χ1n) is 9.74. The Morgan fingerprint density at radius 3 is 2.71 bits per heavy atom. The highest BCUT2D eigenvalue weighted by atomic mass is 16.5. The maximum Gasteiger partial charge on any atom is 0.361 e. The summed E-state index contributed by atoms with van der Waals surface area (Å²) in [6.45, 7) is 3.67. The molecule has 0 spiro atoms. The molecule has 0 radical (unpaired) electrons. The van der Waals surface area contributed by atoms with Gasteiger partial charge in [0.25, 0.3) is 5.56 Å². The fourth-order valence-electron chi connectivity index (χ4n) is 3.59. The molecule has 160 valence electrons. The number of rotatable bonds is 7. The van der Waals surface area contributed by atoms with E-state index in [4.69, 9.17) is 9.47 Å². The van der Waals surface area contributed by atoms with Crippen LogP contribution in [-0.4, -0.2) is 39.4 Å². The largest absolute Gasteiger partial charge is 0.489 e. The number of hydrogen-bond acceptors (Lipinski definition) is 7. The molecule has 0 aliphatic rings. The van der Waals surface area contributed by atoms with Gasteiger partial charge in [0, 0.05) is 25.1 Å². The molecule has 0 aliphatic heterocycles. The smallest absolute Gasteiger partial charge is 0.361 e. The Hall–Kier alpha value is -3.93. The van der Waals surface area contributed by atoms with Crippen molar-refractivity contribution >= 4 is 5.97 Å². The van der Waals surface area contributed by atoms with Crippen LogP contribution in [-0.2, 0) is 11.8 Å². The number of H-pyrrole nitrogens is 1. The van der Waals surface area contributed by atoms with Gasteiger partial charge in [-0.25, -0.2) is 9.78 Å². The number of hydrogen-bond donors (Lipinski definition) is 1. The van der Waals surface area contributed by atoms with Crippen molar-refractivity contribution in [1.29, 1.82) is 5.26 Å². The lowest BCUT2D eigenvalue weighted by atomic mass is 9.80. The molecule has 2 atom stereocenters. The Morgan fingerprint density at radius 2 is 2.10 bits per heavy atom. The number of nitriles is 1. The zero-order chi connectivity index (χ0) is 22.5. The topological polar surface area (TPSA) is 123 Å². The molecule has 2 aromatic heterocycles. The molecule has 1 aromatic carbocycles. The number of carbonyl (C=O) groups excluding carboxylic acids is 1. The first kappa shape index (κ1) is 21.8. The van der Waals surface area contributed by atoms with Gasteiger partial charge in [-0.1, -0.05) is 25.1 Å². The first-order chi connectivity index (χ1) is 14.9. The highest BCUT2D eigenvalue weighted by Gasteiger charge is 2.30. The summed E-state index contributed by atoms with van der Waals surface area (Å²) in [6, 6.07) is 9.46. The summed E-state index contributed by atoms with van der Waals surface area (Å²) in [5.74, 6) is -1.43. The van der Waals surface area contributed by atoms with Crippen LogP contribution in [0.25, 0.3) is 0 Å². The Bertz CT molecular complexity index is 1190. The lowest BCUT2D eigenvalue weighted by Gasteiger charge is -2.24. The van der Waals surface area contributed by atoms with Gasteiger partial charge in [0.05, 0.1) is 31.5 Å². The molecule has 1 N–H and O–H groups in total. The number of nitrogens with one attached hydrogen (secondary N) is 1. The molecule has 0 saturated carbocycles. The van der Waals surface area contributed by atoms with Crippen molar-refractivity contribution in [2.45, 2.75) is 25.7 Å². The second-order valence-electron chi connectivity index (χ2n) is 6.97. The molecular formula is C22H23N5O4. The van der Waals surface area contributed by atoms with Crippen LogP contribution < -0.4 is 10.3 Å². The SMILES string of the molecule is CCOC(=O)c1nc(C(C)C(c2cnn(C)c2)c2ccccc2C#N)[nH]c(=O)c1OC. The molecule has 31 heavy (non-hydrogen) atoms. The summed E-state index contributed by atoms with van der Waals surface area (Å²) in [4.78, 5) is 32.1. The average Bonchev–Trinajstić information content (AvgIpc) is 3.19. The van der Waals surface area contributed by atoms with Gasteiger partial charge < -0.3 is 14.5 Å². The van der Waals surface area contributed by atoms with Crippen LogP contribution in [0.4, 0.5) is 0 Å². The Morgan fingerprint density at radius 1 is 1.35 bits per heavy atom. The van der Waals surface area contributed by atoms with Crippen molar-refractivity contribution in [3.05, 3.63) is 75.2 Å². The van der Waals surface area contributed by atoms with Gasteiger partial charge in [0.2, 0.25) is 5.75 Å². The van der Waals surface area contributed by atoms with E-state index in [1.807, 2.05) is 25.3 Å². The van der Waals surface area contributed by atoms with Crippen LogP contribution in [0.5, 0.6) is 5.75 Å². The summed E-state index contributed by atoms with van der Waals surface area (Å²) in [6.07, 6.45) is 3.56. The number of nitrogens with zero attached hydrogens (tertiary/aromatic N) is 4. The summed E-state index contributed by atoms with van der Waals surface area (Å²) < 4.78 is 11.8. The minimum atomic E-state index is -0.741. The second-order valence-corrected chi connectivity index (χ2v) is 6.97. The van der Waals surface area contributed by atoms with Gasteiger partial charge in [0.15, 0.2) is 5.69 Å². The molecule has 9 heteroatoms. The molecule has 3 rings (SSSR count). The van der Waals surface area contributed by atoms with E-state index >= 15 is 0 Å². The minimum Gasteiger partial charge on any atom is -0.489 e. The van der Waals surface area contributed by atoms with Crippen LogP contribution in [0.2, 0.25) is 0 Å². The third kappa shape index (κ3) is 4.33. The van der Waals surface area contributed by atoms with Crippen molar-refractivity contribution in [3.8, 4) is 11.8 Å². The van der Waals surface area contributed by atoms with Crippen LogP contribution in [0.15, 0.2) is 41.5 Å². The molecule has 2 heterocycles. The molecule has 9 nitrogen and oxygen atoms in total. The number of aromatic nitrogens is 4. The monoisotopic (exact) mass is 421 g/mol. The van der Waals surface area contributed by atoms with Crippen LogP contribution in [0, 0.1) is 11.3 Å². The Balaban J connectivity index is 2.19. The standard InChI is InChI=1S/C22H23N5O4/c1-5-31-22(29)18-19(30-4)21(28)26-20(25-18)13(2)17(15-11-24-27(3)12-15)16-9-7-6-8-14(16)10-23/h6-9,11-13,17H,5H2,1-4H3,(H,25,26,28). The number of aryl methyl sites for hydroxylation is 1. The lowest BCUT2D eigenvalue weighted by molar-refractivity contribution is 0.0514. The molecule has 2 unspecified atom stereocenters. The summed E-state index contributed by atoms with van der Waals surface area (Å²) >= 11 is 0. The van der Waals surface area contributed by atoms with Gasteiger partial charge in [-0.05, 0) is 24.1 Å². The number of ether oxygens (including phenoxy) is 2. The van der Waals surface area contributed by atoms with Crippen molar-refractivity contribution in [1.82, 2.24) is 19.7 Å². The number of aromatic amines is 1. The highest BCUT2D eigenvalue weighted by Crippen LogP contribution is 2.38. The predicted molar refractivity (Wildman–Crippen MR) is 112 cm³/mol. The number of methoxy groups -OCH3 is 1. The number of benzene rings is 1. The van der Waals surface area contributed by atoms with Crippen molar-refractivity contribution in [3.63, 3.8) is 0 Å². The fourth-order valence-corrected chi connectivity index (χ4v) is 3.59. The maximum atomic E-state index is 12.6. The minimum absolute atomic E-state index is 0.134. The van der Waals surface area contributed by atoms with Gasteiger partial charge in [-0.2, -0.15) is 10.4 Å². The molecule has 0 amide bonds. The summed E-state index contributed by atoms with van der Waals surface area (Å²) in [5.41, 5.74) is 1.34. The van der Waals surface area contributed by atoms with E-state index in [1.165, 1.54) is 7.11 Å². The van der Waals surface area contributed by atoms with E-state index in [-0.39, 0.29) is 29.8 Å². The third-order valence-electron chi connectivity index (χ3n) is 5.00. The molecule has 0 fully saturated rings. The van der Waals surface area contributed by atoms with E-state index in [0.29, 0.717) is 5.56 Å². The van der Waals surface area contributed by atoms with Crippen molar-refractivity contribution in [2.75, 3.05) is 13.7 Å². The Labute approximate surface area is 179 Å². The molecule has 0 bridgehead atoms. The van der Waals surface area contributed by atoms with Crippen LogP contribution >= 0.6 is 0 Å². The summed E-state index contributed by atoms with van der Waals surface area (Å²) in [7, 11) is 3.09. The average molecular weight is 421 g/mol. The zero-order valence-electron chi connectivity index (χ0n) is 17.7. The van der Waals surface area contributed by atoms with Gasteiger partial charge in [0.1, 0.15) is 5.82 Å². The van der Waals surface area contributed by atoms with E-state index < -0.39 is 17.4 Å². The first-order valence-corrected chi connectivity index (χ1v) is 9.74.